The number of carbonyl (C=O) groups excluding carboxylic acids is 3. The monoisotopic (exact) mass is 389 g/mol. The maximum atomic E-state index is 13.0. The molecule has 1 aromatic carbocycles. The first-order chi connectivity index (χ1) is 12.9. The highest BCUT2D eigenvalue weighted by Gasteiger charge is 2.36. The number of carboxylic acid groups (broad SMARTS) is 1. The molecule has 7 nitrogen and oxygen atoms in total. The van der Waals surface area contributed by atoms with Gasteiger partial charge >= 0.3 is 5.97 Å². The normalized spacial score (nSPS) is 17.8. The minimum Gasteiger partial charge on any atom is -0.480 e. The lowest BCUT2D eigenvalue weighted by Crippen LogP contribution is -2.42. The topological polar surface area (TPSA) is 105 Å². The number of thioether (sulfide) groups is 1. The standard InChI is InChI=1S/C19H19NO6S/c1-11(21)27-16(9-17(22)20-8-4-6-14(20)19(24)25)18(23)13-10-26-15-7-3-2-5-12(13)15/h2-3,5,7,10,14,16H,4,6,8-9H2,1H3,(H,24,25)/t14-,16?/m0/s1. The Morgan fingerprint density at radius 2 is 2.04 bits per heavy atom. The largest absolute Gasteiger partial charge is 0.480 e. The number of hydrogen-bond donors (Lipinski definition) is 1. The number of likely N-dealkylation sites (tertiary alicyclic amines) is 1. The average Bonchev–Trinajstić information content (AvgIpc) is 3.27. The summed E-state index contributed by atoms with van der Waals surface area (Å²) in [5.74, 6) is -1.86. The number of amides is 1. The van der Waals surface area contributed by atoms with Crippen molar-refractivity contribution in [3.8, 4) is 0 Å². The predicted molar refractivity (Wildman–Crippen MR) is 99.6 cm³/mol. The second-order valence-electron chi connectivity index (χ2n) is 6.40. The second kappa shape index (κ2) is 7.96. The number of carbonyl (C=O) groups is 4. The van der Waals surface area contributed by atoms with Crippen LogP contribution in [0.15, 0.2) is 34.9 Å². The molecule has 1 aliphatic rings. The highest BCUT2D eigenvalue weighted by Crippen LogP contribution is 2.28. The van der Waals surface area contributed by atoms with Gasteiger partial charge in [-0.25, -0.2) is 4.79 Å². The number of fused-ring (bicyclic) bond motifs is 1. The summed E-state index contributed by atoms with van der Waals surface area (Å²) in [6.45, 7) is 1.68. The molecule has 0 saturated carbocycles. The number of benzene rings is 1. The van der Waals surface area contributed by atoms with E-state index in [0.29, 0.717) is 35.9 Å². The number of carboxylic acids is 1. The van der Waals surface area contributed by atoms with E-state index in [0.717, 1.165) is 11.8 Å². The summed E-state index contributed by atoms with van der Waals surface area (Å²) in [5.41, 5.74) is 0.859. The van der Waals surface area contributed by atoms with Crippen molar-refractivity contribution < 1.29 is 28.7 Å². The molecule has 0 aliphatic carbocycles. The maximum absolute atomic E-state index is 13.0. The summed E-state index contributed by atoms with van der Waals surface area (Å²) in [6.07, 6.45) is 2.10. The van der Waals surface area contributed by atoms with E-state index < -0.39 is 23.2 Å². The Hall–Kier alpha value is -2.61. The fraction of sp³-hybridized carbons (Fsp3) is 0.368. The fourth-order valence-corrected chi connectivity index (χ4v) is 4.19. The van der Waals surface area contributed by atoms with E-state index in [-0.39, 0.29) is 17.3 Å². The molecule has 1 aromatic heterocycles. The van der Waals surface area contributed by atoms with Crippen molar-refractivity contribution >= 4 is 45.5 Å². The zero-order chi connectivity index (χ0) is 19.6. The Balaban J connectivity index is 1.83. The van der Waals surface area contributed by atoms with Crippen LogP contribution in [-0.2, 0) is 14.4 Å². The van der Waals surface area contributed by atoms with Crippen LogP contribution in [0.4, 0.5) is 0 Å². The number of para-hydroxylation sites is 1. The summed E-state index contributed by atoms with van der Waals surface area (Å²) in [5, 5.41) is 8.66. The molecule has 1 amide bonds. The molecular weight excluding hydrogens is 370 g/mol. The van der Waals surface area contributed by atoms with Crippen LogP contribution in [0.1, 0.15) is 36.5 Å². The first-order valence-electron chi connectivity index (χ1n) is 8.58. The molecule has 8 heteroatoms. The highest BCUT2D eigenvalue weighted by atomic mass is 32.2. The molecular formula is C19H19NO6S. The fourth-order valence-electron chi connectivity index (χ4n) is 3.33. The number of ketones is 1. The van der Waals surface area contributed by atoms with Gasteiger partial charge in [0.1, 0.15) is 17.9 Å². The van der Waals surface area contributed by atoms with Gasteiger partial charge in [0, 0.05) is 25.3 Å². The van der Waals surface area contributed by atoms with Gasteiger partial charge in [-0.1, -0.05) is 30.0 Å². The van der Waals surface area contributed by atoms with E-state index in [1.54, 1.807) is 24.3 Å². The number of rotatable bonds is 6. The zero-order valence-electron chi connectivity index (χ0n) is 14.7. The average molecular weight is 389 g/mol. The molecule has 1 aliphatic heterocycles. The number of nitrogens with zero attached hydrogens (tertiary/aromatic N) is 1. The molecule has 27 heavy (non-hydrogen) atoms. The van der Waals surface area contributed by atoms with Gasteiger partial charge in [0.15, 0.2) is 10.9 Å². The molecule has 2 aromatic rings. The number of hydrogen-bond acceptors (Lipinski definition) is 6. The number of Topliss-reactive ketones (excluding diaryl/α,β-unsaturated/α-hetero) is 1. The molecule has 1 unspecified atom stereocenters. The van der Waals surface area contributed by atoms with Gasteiger partial charge in [-0.05, 0) is 18.9 Å². The van der Waals surface area contributed by atoms with E-state index in [2.05, 4.69) is 0 Å². The van der Waals surface area contributed by atoms with E-state index >= 15 is 0 Å². The van der Waals surface area contributed by atoms with Crippen molar-refractivity contribution in [3.05, 3.63) is 36.1 Å². The van der Waals surface area contributed by atoms with Crippen LogP contribution in [0.3, 0.4) is 0 Å². The Labute approximate surface area is 159 Å². The van der Waals surface area contributed by atoms with Crippen molar-refractivity contribution in [3.63, 3.8) is 0 Å². The maximum Gasteiger partial charge on any atom is 0.326 e. The lowest BCUT2D eigenvalue weighted by Gasteiger charge is -2.23. The van der Waals surface area contributed by atoms with Crippen LogP contribution in [0, 0.1) is 0 Å². The van der Waals surface area contributed by atoms with Crippen LogP contribution in [0.2, 0.25) is 0 Å². The van der Waals surface area contributed by atoms with Crippen LogP contribution in [-0.4, -0.2) is 50.6 Å². The number of furan rings is 1. The Bertz CT molecular complexity index is 904. The zero-order valence-corrected chi connectivity index (χ0v) is 15.5. The summed E-state index contributed by atoms with van der Waals surface area (Å²) in [7, 11) is 0. The lowest BCUT2D eigenvalue weighted by molar-refractivity contribution is -0.148. The molecule has 0 spiro atoms. The van der Waals surface area contributed by atoms with Crippen LogP contribution < -0.4 is 0 Å². The highest BCUT2D eigenvalue weighted by molar-refractivity contribution is 8.14. The predicted octanol–water partition coefficient (Wildman–Crippen LogP) is 2.73. The molecule has 3 rings (SSSR count). The van der Waals surface area contributed by atoms with Gasteiger partial charge < -0.3 is 14.4 Å². The van der Waals surface area contributed by atoms with Crippen molar-refractivity contribution in [1.82, 2.24) is 4.90 Å². The summed E-state index contributed by atoms with van der Waals surface area (Å²) in [4.78, 5) is 49.9. The van der Waals surface area contributed by atoms with Gasteiger partial charge in [0.05, 0.1) is 10.8 Å². The van der Waals surface area contributed by atoms with Crippen molar-refractivity contribution in [2.45, 2.75) is 37.5 Å². The third-order valence-corrected chi connectivity index (χ3v) is 5.56. The quantitative estimate of drug-likeness (QED) is 0.757. The first kappa shape index (κ1) is 19.2. The molecule has 1 fully saturated rings. The summed E-state index contributed by atoms with van der Waals surface area (Å²) in [6, 6.07) is 6.15. The van der Waals surface area contributed by atoms with Gasteiger partial charge in [0.2, 0.25) is 5.91 Å². The molecule has 0 radical (unpaired) electrons. The first-order valence-corrected chi connectivity index (χ1v) is 9.46. The SMILES string of the molecule is CC(=O)SC(CC(=O)N1CCC[C@H]1C(=O)O)C(=O)c1coc2ccccc12. The smallest absolute Gasteiger partial charge is 0.326 e. The van der Waals surface area contributed by atoms with Crippen LogP contribution in [0.5, 0.6) is 0 Å². The van der Waals surface area contributed by atoms with Crippen molar-refractivity contribution in [1.29, 1.82) is 0 Å². The van der Waals surface area contributed by atoms with Crippen molar-refractivity contribution in [2.24, 2.45) is 0 Å². The minimum atomic E-state index is -1.05. The molecule has 2 heterocycles. The molecule has 0 bridgehead atoms. The minimum absolute atomic E-state index is 0.230. The molecule has 1 N–H and O–H groups in total. The second-order valence-corrected chi connectivity index (χ2v) is 7.78. The lowest BCUT2D eigenvalue weighted by atomic mass is 10.0. The molecule has 2 atom stereocenters. The van der Waals surface area contributed by atoms with Gasteiger partial charge in [-0.2, -0.15) is 0 Å². The van der Waals surface area contributed by atoms with Crippen molar-refractivity contribution in [2.75, 3.05) is 6.54 Å². The summed E-state index contributed by atoms with van der Waals surface area (Å²) < 4.78 is 5.39. The number of aliphatic carboxylic acids is 1. The van der Waals surface area contributed by atoms with Crippen LogP contribution in [0.25, 0.3) is 11.0 Å². The third-order valence-electron chi connectivity index (χ3n) is 4.57. The van der Waals surface area contributed by atoms with E-state index in [1.807, 2.05) is 0 Å². The Morgan fingerprint density at radius 3 is 2.74 bits per heavy atom. The molecule has 1 saturated heterocycles. The van der Waals surface area contributed by atoms with Gasteiger partial charge in [0.25, 0.3) is 0 Å². The van der Waals surface area contributed by atoms with E-state index in [4.69, 9.17) is 4.42 Å². The Kier molecular flexibility index (Phi) is 5.65. The van der Waals surface area contributed by atoms with E-state index in [1.165, 1.54) is 18.1 Å². The molecule has 142 valence electrons. The van der Waals surface area contributed by atoms with Gasteiger partial charge in [-0.15, -0.1) is 0 Å². The third kappa shape index (κ3) is 4.05. The van der Waals surface area contributed by atoms with E-state index in [9.17, 15) is 24.3 Å². The van der Waals surface area contributed by atoms with Gasteiger partial charge in [-0.3, -0.25) is 14.4 Å². The van der Waals surface area contributed by atoms with Crippen LogP contribution >= 0.6 is 11.8 Å². The Morgan fingerprint density at radius 1 is 1.30 bits per heavy atom. The summed E-state index contributed by atoms with van der Waals surface area (Å²) >= 11 is 0.786.